The number of halogens is 3. The van der Waals surface area contributed by atoms with Crippen LogP contribution in [0.1, 0.15) is 30.9 Å². The number of hydrogen-bond acceptors (Lipinski definition) is 5. The van der Waals surface area contributed by atoms with E-state index in [0.29, 0.717) is 61.3 Å². The number of alkyl halides is 3. The zero-order valence-corrected chi connectivity index (χ0v) is 24.5. The molecule has 2 heterocycles. The smallest absolute Gasteiger partial charge is 0.339 e. The molecule has 0 spiro atoms. The Bertz CT molecular complexity index is 1550. The van der Waals surface area contributed by atoms with E-state index in [2.05, 4.69) is 10.2 Å². The SMILES string of the molecule is CC1CN(C(=O)CCCSc2nnc(-c3ccccc3)n2-c2cccc(C(F)(F)F)c2)CCN1C(=O)Cc1ccccc1. The fraction of sp³-hybridized carbons (Fsp3) is 0.312. The first-order valence-corrected chi connectivity index (χ1v) is 15.1. The van der Waals surface area contributed by atoms with Crippen LogP contribution in [0.3, 0.4) is 0 Å². The minimum atomic E-state index is -4.48. The summed E-state index contributed by atoms with van der Waals surface area (Å²) in [5.41, 5.74) is 1.25. The van der Waals surface area contributed by atoms with Crippen molar-refractivity contribution in [3.63, 3.8) is 0 Å². The first kappa shape index (κ1) is 30.3. The largest absolute Gasteiger partial charge is 0.416 e. The highest BCUT2D eigenvalue weighted by molar-refractivity contribution is 7.99. The molecule has 1 unspecified atom stereocenters. The summed E-state index contributed by atoms with van der Waals surface area (Å²) < 4.78 is 42.1. The van der Waals surface area contributed by atoms with Crippen molar-refractivity contribution in [2.24, 2.45) is 0 Å². The van der Waals surface area contributed by atoms with Gasteiger partial charge in [-0.15, -0.1) is 10.2 Å². The minimum absolute atomic E-state index is 0.0203. The van der Waals surface area contributed by atoms with Gasteiger partial charge in [0.15, 0.2) is 11.0 Å². The average Bonchev–Trinajstić information content (AvgIpc) is 3.43. The van der Waals surface area contributed by atoms with Crippen LogP contribution in [0, 0.1) is 0 Å². The van der Waals surface area contributed by atoms with E-state index >= 15 is 0 Å². The van der Waals surface area contributed by atoms with Gasteiger partial charge in [0, 0.05) is 43.4 Å². The van der Waals surface area contributed by atoms with E-state index in [1.54, 1.807) is 15.5 Å². The van der Waals surface area contributed by atoms with E-state index in [1.807, 2.05) is 72.5 Å². The van der Waals surface area contributed by atoms with Gasteiger partial charge in [0.2, 0.25) is 11.8 Å². The molecule has 0 aliphatic carbocycles. The van der Waals surface area contributed by atoms with Crippen LogP contribution in [0.15, 0.2) is 90.1 Å². The fourth-order valence-corrected chi connectivity index (χ4v) is 6.05. The third-order valence-corrected chi connectivity index (χ3v) is 8.38. The van der Waals surface area contributed by atoms with Gasteiger partial charge in [0.05, 0.1) is 17.7 Å². The second kappa shape index (κ2) is 13.5. The van der Waals surface area contributed by atoms with Crippen LogP contribution in [-0.4, -0.2) is 67.8 Å². The number of nitrogens with zero attached hydrogens (tertiary/aromatic N) is 5. The molecule has 43 heavy (non-hydrogen) atoms. The molecular weight excluding hydrogens is 575 g/mol. The number of piperazine rings is 1. The Kier molecular flexibility index (Phi) is 9.49. The summed E-state index contributed by atoms with van der Waals surface area (Å²) in [5, 5.41) is 9.04. The van der Waals surface area contributed by atoms with Crippen LogP contribution in [0.5, 0.6) is 0 Å². The zero-order valence-electron chi connectivity index (χ0n) is 23.7. The molecule has 5 rings (SSSR count). The number of hydrogen-bond donors (Lipinski definition) is 0. The molecule has 2 amide bonds. The highest BCUT2D eigenvalue weighted by Crippen LogP contribution is 2.33. The van der Waals surface area contributed by atoms with Gasteiger partial charge in [-0.1, -0.05) is 78.5 Å². The molecule has 0 bridgehead atoms. The highest BCUT2D eigenvalue weighted by Gasteiger charge is 2.31. The summed E-state index contributed by atoms with van der Waals surface area (Å²) in [5.74, 6) is 1.05. The number of aromatic nitrogens is 3. The van der Waals surface area contributed by atoms with E-state index in [-0.39, 0.29) is 17.9 Å². The van der Waals surface area contributed by atoms with E-state index in [1.165, 1.54) is 17.8 Å². The van der Waals surface area contributed by atoms with Crippen LogP contribution < -0.4 is 0 Å². The Balaban J connectivity index is 1.19. The van der Waals surface area contributed by atoms with Gasteiger partial charge in [0.25, 0.3) is 0 Å². The highest BCUT2D eigenvalue weighted by atomic mass is 32.2. The Morgan fingerprint density at radius 2 is 1.63 bits per heavy atom. The maximum Gasteiger partial charge on any atom is 0.416 e. The standard InChI is InChI=1S/C32H32F3N5O2S/c1-23-22-38(17-18-39(23)29(42)20-24-10-4-2-5-11-24)28(41)16-9-19-43-31-37-36-30(25-12-6-3-7-13-25)40(31)27-15-8-14-26(21-27)32(33,34)35/h2-8,10-15,21,23H,9,16-20,22H2,1H3. The molecule has 1 aliphatic heterocycles. The lowest BCUT2D eigenvalue weighted by Gasteiger charge is -2.40. The maximum atomic E-state index is 13.5. The molecule has 0 radical (unpaired) electrons. The molecule has 224 valence electrons. The van der Waals surface area contributed by atoms with Crippen molar-refractivity contribution in [1.82, 2.24) is 24.6 Å². The number of rotatable bonds is 9. The lowest BCUT2D eigenvalue weighted by molar-refractivity contribution is -0.142. The third kappa shape index (κ3) is 7.45. The molecule has 0 N–H and O–H groups in total. The number of carbonyl (C=O) groups is 2. The monoisotopic (exact) mass is 607 g/mol. The molecule has 4 aromatic rings. The summed E-state index contributed by atoms with van der Waals surface area (Å²) in [6, 6.07) is 23.8. The van der Waals surface area contributed by atoms with Gasteiger partial charge in [-0.3, -0.25) is 14.2 Å². The van der Waals surface area contributed by atoms with E-state index in [4.69, 9.17) is 0 Å². The van der Waals surface area contributed by atoms with Gasteiger partial charge in [-0.25, -0.2) is 0 Å². The molecule has 1 aromatic heterocycles. The maximum absolute atomic E-state index is 13.5. The first-order chi connectivity index (χ1) is 20.7. The normalized spacial score (nSPS) is 15.5. The van der Waals surface area contributed by atoms with Gasteiger partial charge in [-0.05, 0) is 37.1 Å². The van der Waals surface area contributed by atoms with Crippen molar-refractivity contribution in [3.05, 3.63) is 96.1 Å². The topological polar surface area (TPSA) is 71.3 Å². The minimum Gasteiger partial charge on any atom is -0.339 e. The molecule has 3 aromatic carbocycles. The zero-order chi connectivity index (χ0) is 30.4. The van der Waals surface area contributed by atoms with Gasteiger partial charge < -0.3 is 9.80 Å². The van der Waals surface area contributed by atoms with E-state index in [0.717, 1.165) is 23.3 Å². The van der Waals surface area contributed by atoms with Gasteiger partial charge >= 0.3 is 6.18 Å². The summed E-state index contributed by atoms with van der Waals surface area (Å²) in [7, 11) is 0. The Morgan fingerprint density at radius 1 is 0.907 bits per heavy atom. The van der Waals surface area contributed by atoms with Crippen LogP contribution in [-0.2, 0) is 22.2 Å². The predicted octanol–water partition coefficient (Wildman–Crippen LogP) is 6.13. The summed E-state index contributed by atoms with van der Waals surface area (Å²) in [6.45, 7) is 3.43. The van der Waals surface area contributed by atoms with Crippen molar-refractivity contribution in [2.45, 2.75) is 43.6 Å². The quantitative estimate of drug-likeness (QED) is 0.169. The average molecular weight is 608 g/mol. The summed E-state index contributed by atoms with van der Waals surface area (Å²) in [6.07, 6.45) is -3.27. The molecule has 1 fully saturated rings. The van der Waals surface area contributed by atoms with E-state index in [9.17, 15) is 22.8 Å². The fourth-order valence-electron chi connectivity index (χ4n) is 5.16. The molecule has 0 saturated carbocycles. The van der Waals surface area contributed by atoms with Gasteiger partial charge in [0.1, 0.15) is 0 Å². The summed E-state index contributed by atoms with van der Waals surface area (Å²) >= 11 is 1.35. The van der Waals surface area contributed by atoms with Crippen LogP contribution in [0.4, 0.5) is 13.2 Å². The van der Waals surface area contributed by atoms with Crippen molar-refractivity contribution in [3.8, 4) is 17.1 Å². The second-order valence-corrected chi connectivity index (χ2v) is 11.5. The number of thioether (sulfide) groups is 1. The van der Waals surface area contributed by atoms with Crippen molar-refractivity contribution in [1.29, 1.82) is 0 Å². The van der Waals surface area contributed by atoms with Crippen LogP contribution in [0.2, 0.25) is 0 Å². The number of amides is 2. The van der Waals surface area contributed by atoms with Crippen molar-refractivity contribution in [2.75, 3.05) is 25.4 Å². The van der Waals surface area contributed by atoms with Crippen molar-refractivity contribution >= 4 is 23.6 Å². The van der Waals surface area contributed by atoms with Crippen molar-refractivity contribution < 1.29 is 22.8 Å². The summed E-state index contributed by atoms with van der Waals surface area (Å²) in [4.78, 5) is 29.5. The van der Waals surface area contributed by atoms with Crippen LogP contribution >= 0.6 is 11.8 Å². The van der Waals surface area contributed by atoms with Crippen LogP contribution in [0.25, 0.3) is 17.1 Å². The molecular formula is C32H32F3N5O2S. The van der Waals surface area contributed by atoms with Gasteiger partial charge in [-0.2, -0.15) is 13.2 Å². The molecule has 1 aliphatic rings. The predicted molar refractivity (Wildman–Crippen MR) is 160 cm³/mol. The van der Waals surface area contributed by atoms with E-state index < -0.39 is 11.7 Å². The number of benzene rings is 3. The molecule has 1 saturated heterocycles. The Labute approximate surface area is 252 Å². The third-order valence-electron chi connectivity index (χ3n) is 7.36. The Morgan fingerprint density at radius 3 is 2.33 bits per heavy atom. The molecule has 11 heteroatoms. The lowest BCUT2D eigenvalue weighted by atomic mass is 10.1. The second-order valence-electron chi connectivity index (χ2n) is 10.4. The first-order valence-electron chi connectivity index (χ1n) is 14.1. The molecule has 7 nitrogen and oxygen atoms in total. The lowest BCUT2D eigenvalue weighted by Crippen LogP contribution is -2.55. The molecule has 1 atom stereocenters. The number of carbonyl (C=O) groups excluding carboxylic acids is 2. The Hall–Kier alpha value is -4.12.